The van der Waals surface area contributed by atoms with E-state index in [1.807, 2.05) is 0 Å². The Balaban J connectivity index is 1.86. The molecule has 2 aliphatic heterocycles. The van der Waals surface area contributed by atoms with Gasteiger partial charge in [0.15, 0.2) is 0 Å². The lowest BCUT2D eigenvalue weighted by Crippen LogP contribution is -2.51. The van der Waals surface area contributed by atoms with Gasteiger partial charge in [-0.05, 0) is 53.0 Å². The molecule has 0 aromatic heterocycles. The molecule has 2 bridgehead atoms. The van der Waals surface area contributed by atoms with E-state index in [0.717, 1.165) is 25.7 Å². The SMILES string of the molecule is CC(C)=CCCC(=O)C1CC2CCCC(C1)N2C. The van der Waals surface area contributed by atoms with Crippen molar-refractivity contribution in [2.24, 2.45) is 5.92 Å². The van der Waals surface area contributed by atoms with E-state index in [9.17, 15) is 4.79 Å². The summed E-state index contributed by atoms with van der Waals surface area (Å²) in [4.78, 5) is 14.8. The molecule has 0 aromatic rings. The zero-order valence-corrected chi connectivity index (χ0v) is 12.1. The fourth-order valence-electron chi connectivity index (χ4n) is 3.59. The van der Waals surface area contributed by atoms with E-state index in [1.165, 1.54) is 24.8 Å². The second-order valence-electron chi connectivity index (χ2n) is 6.36. The van der Waals surface area contributed by atoms with E-state index in [2.05, 4.69) is 31.9 Å². The Morgan fingerprint density at radius 3 is 2.39 bits per heavy atom. The number of Topliss-reactive ketones (excluding diaryl/α,β-unsaturated/α-hetero) is 1. The fourth-order valence-corrected chi connectivity index (χ4v) is 3.59. The minimum atomic E-state index is 0.349. The van der Waals surface area contributed by atoms with Crippen LogP contribution in [0.5, 0.6) is 0 Å². The highest BCUT2D eigenvalue weighted by Crippen LogP contribution is 2.36. The molecule has 0 N–H and O–H groups in total. The molecule has 2 heteroatoms. The largest absolute Gasteiger partial charge is 0.300 e. The van der Waals surface area contributed by atoms with E-state index in [4.69, 9.17) is 0 Å². The van der Waals surface area contributed by atoms with Crippen molar-refractivity contribution in [1.82, 2.24) is 4.90 Å². The van der Waals surface area contributed by atoms with Crippen molar-refractivity contribution >= 4 is 5.78 Å². The van der Waals surface area contributed by atoms with Crippen LogP contribution < -0.4 is 0 Å². The fraction of sp³-hybridized carbons (Fsp3) is 0.812. The van der Waals surface area contributed by atoms with Crippen LogP contribution in [0.2, 0.25) is 0 Å². The maximum atomic E-state index is 12.3. The van der Waals surface area contributed by atoms with Crippen LogP contribution in [0.4, 0.5) is 0 Å². The summed E-state index contributed by atoms with van der Waals surface area (Å²) in [5, 5.41) is 0. The molecule has 0 amide bonds. The molecule has 0 spiro atoms. The average molecular weight is 249 g/mol. The van der Waals surface area contributed by atoms with E-state index in [0.29, 0.717) is 23.8 Å². The van der Waals surface area contributed by atoms with Gasteiger partial charge in [0.2, 0.25) is 0 Å². The van der Waals surface area contributed by atoms with Crippen LogP contribution in [0.25, 0.3) is 0 Å². The molecule has 0 radical (unpaired) electrons. The Bertz CT molecular complexity index is 316. The monoisotopic (exact) mass is 249 g/mol. The third-order valence-electron chi connectivity index (χ3n) is 4.74. The van der Waals surface area contributed by atoms with E-state index >= 15 is 0 Å². The molecule has 0 aliphatic carbocycles. The third-order valence-corrected chi connectivity index (χ3v) is 4.74. The van der Waals surface area contributed by atoms with Gasteiger partial charge >= 0.3 is 0 Å². The standard InChI is InChI=1S/C16H27NO/c1-12(2)6-4-9-16(18)13-10-14-7-5-8-15(11-13)17(14)3/h6,13-15H,4-5,7-11H2,1-3H3. The van der Waals surface area contributed by atoms with Gasteiger partial charge in [-0.3, -0.25) is 4.79 Å². The molecule has 2 fully saturated rings. The summed E-state index contributed by atoms with van der Waals surface area (Å²) < 4.78 is 0. The van der Waals surface area contributed by atoms with Crippen LogP contribution in [-0.2, 0) is 4.79 Å². The minimum absolute atomic E-state index is 0.349. The summed E-state index contributed by atoms with van der Waals surface area (Å²) in [5.41, 5.74) is 1.32. The van der Waals surface area contributed by atoms with Crippen LogP contribution in [-0.4, -0.2) is 29.8 Å². The van der Waals surface area contributed by atoms with Crippen molar-refractivity contribution < 1.29 is 4.79 Å². The predicted molar refractivity (Wildman–Crippen MR) is 75.6 cm³/mol. The molecular weight excluding hydrogens is 222 g/mol. The number of rotatable bonds is 4. The van der Waals surface area contributed by atoms with Gasteiger partial charge in [-0.1, -0.05) is 18.1 Å². The molecule has 2 saturated heterocycles. The quantitative estimate of drug-likeness (QED) is 0.710. The molecule has 2 atom stereocenters. The number of piperidine rings is 2. The molecule has 2 rings (SSSR count). The first-order valence-corrected chi connectivity index (χ1v) is 7.46. The van der Waals surface area contributed by atoms with Crippen molar-refractivity contribution in [3.8, 4) is 0 Å². The van der Waals surface area contributed by atoms with Gasteiger partial charge in [0.25, 0.3) is 0 Å². The number of carbonyl (C=O) groups excluding carboxylic acids is 1. The lowest BCUT2D eigenvalue weighted by atomic mass is 9.76. The van der Waals surface area contributed by atoms with Crippen molar-refractivity contribution in [3.05, 3.63) is 11.6 Å². The number of fused-ring (bicyclic) bond motifs is 2. The highest BCUT2D eigenvalue weighted by molar-refractivity contribution is 5.81. The Kier molecular flexibility index (Phi) is 4.60. The number of carbonyl (C=O) groups is 1. The normalized spacial score (nSPS) is 32.1. The Morgan fingerprint density at radius 1 is 1.22 bits per heavy atom. The number of hydrogen-bond acceptors (Lipinski definition) is 2. The van der Waals surface area contributed by atoms with Gasteiger partial charge in [-0.15, -0.1) is 0 Å². The van der Waals surface area contributed by atoms with E-state index in [-0.39, 0.29) is 0 Å². The van der Waals surface area contributed by atoms with Crippen LogP contribution in [0.1, 0.15) is 58.8 Å². The molecular formula is C16H27NO. The topological polar surface area (TPSA) is 20.3 Å². The van der Waals surface area contributed by atoms with Crippen molar-refractivity contribution in [2.45, 2.75) is 70.9 Å². The highest BCUT2D eigenvalue weighted by Gasteiger charge is 2.38. The Labute approximate surface area is 111 Å². The lowest BCUT2D eigenvalue weighted by Gasteiger charge is -2.46. The molecule has 2 heterocycles. The summed E-state index contributed by atoms with van der Waals surface area (Å²) in [5.74, 6) is 0.861. The summed E-state index contributed by atoms with van der Waals surface area (Å²) in [6.07, 6.45) is 10.0. The minimum Gasteiger partial charge on any atom is -0.300 e. The van der Waals surface area contributed by atoms with Crippen molar-refractivity contribution in [2.75, 3.05) is 7.05 Å². The van der Waals surface area contributed by atoms with Gasteiger partial charge < -0.3 is 4.90 Å². The molecule has 0 aromatic carbocycles. The van der Waals surface area contributed by atoms with Gasteiger partial charge in [0.1, 0.15) is 5.78 Å². The number of hydrogen-bond donors (Lipinski definition) is 0. The second kappa shape index (κ2) is 6.01. The highest BCUT2D eigenvalue weighted by atomic mass is 16.1. The first-order valence-electron chi connectivity index (χ1n) is 7.46. The second-order valence-corrected chi connectivity index (χ2v) is 6.36. The van der Waals surface area contributed by atoms with Crippen LogP contribution in [0.3, 0.4) is 0 Å². The summed E-state index contributed by atoms with van der Waals surface area (Å²) in [6, 6.07) is 1.35. The maximum Gasteiger partial charge on any atom is 0.136 e. The van der Waals surface area contributed by atoms with Crippen LogP contribution in [0.15, 0.2) is 11.6 Å². The smallest absolute Gasteiger partial charge is 0.136 e. The van der Waals surface area contributed by atoms with Crippen molar-refractivity contribution in [3.63, 3.8) is 0 Å². The van der Waals surface area contributed by atoms with Gasteiger partial charge in [-0.2, -0.15) is 0 Å². The van der Waals surface area contributed by atoms with Gasteiger partial charge in [0, 0.05) is 24.4 Å². The number of ketones is 1. The molecule has 0 saturated carbocycles. The van der Waals surface area contributed by atoms with Crippen LogP contribution >= 0.6 is 0 Å². The summed E-state index contributed by atoms with van der Waals surface area (Å²) in [6.45, 7) is 4.20. The molecule has 102 valence electrons. The third kappa shape index (κ3) is 3.23. The first-order chi connectivity index (χ1) is 8.58. The molecule has 2 aliphatic rings. The van der Waals surface area contributed by atoms with Crippen LogP contribution in [0, 0.1) is 5.92 Å². The van der Waals surface area contributed by atoms with Crippen molar-refractivity contribution in [1.29, 1.82) is 0 Å². The maximum absolute atomic E-state index is 12.3. The van der Waals surface area contributed by atoms with E-state index < -0.39 is 0 Å². The molecule has 2 nitrogen and oxygen atoms in total. The lowest BCUT2D eigenvalue weighted by molar-refractivity contribution is -0.126. The van der Waals surface area contributed by atoms with E-state index in [1.54, 1.807) is 0 Å². The summed E-state index contributed by atoms with van der Waals surface area (Å²) in [7, 11) is 2.25. The first kappa shape index (κ1) is 13.8. The number of nitrogens with zero attached hydrogens (tertiary/aromatic N) is 1. The van der Waals surface area contributed by atoms with Gasteiger partial charge in [-0.25, -0.2) is 0 Å². The summed E-state index contributed by atoms with van der Waals surface area (Å²) >= 11 is 0. The zero-order valence-electron chi connectivity index (χ0n) is 12.1. The number of allylic oxidation sites excluding steroid dienone is 2. The Hall–Kier alpha value is -0.630. The average Bonchev–Trinajstić information content (AvgIpc) is 2.27. The molecule has 18 heavy (non-hydrogen) atoms. The van der Waals surface area contributed by atoms with Gasteiger partial charge in [0.05, 0.1) is 0 Å². The zero-order chi connectivity index (χ0) is 13.1. The Morgan fingerprint density at radius 2 is 1.83 bits per heavy atom. The predicted octanol–water partition coefficient (Wildman–Crippen LogP) is 3.56. The molecule has 2 unspecified atom stereocenters.